The molecule has 0 saturated carbocycles. The summed E-state index contributed by atoms with van der Waals surface area (Å²) in [6.45, 7) is 2.09. The van der Waals surface area contributed by atoms with E-state index in [9.17, 15) is 0 Å². The molecule has 0 heterocycles. The van der Waals surface area contributed by atoms with Crippen molar-refractivity contribution in [3.05, 3.63) is 35.4 Å². The first-order valence-corrected chi connectivity index (χ1v) is 5.24. The summed E-state index contributed by atoms with van der Waals surface area (Å²) < 4.78 is 1.24. The summed E-state index contributed by atoms with van der Waals surface area (Å²) in [5, 5.41) is 1.75. The second kappa shape index (κ2) is 4.04. The molecule has 1 aromatic carbocycles. The molecule has 0 N–H and O–H groups in total. The molecule has 0 aliphatic heterocycles. The monoisotopic (exact) mass is 332 g/mol. The zero-order valence-corrected chi connectivity index (χ0v) is 9.95. The Bertz CT molecular complexity index is 274. The van der Waals surface area contributed by atoms with Crippen LogP contribution in [0.5, 0.6) is 0 Å². The van der Waals surface area contributed by atoms with Crippen LogP contribution < -0.4 is 0 Å². The van der Waals surface area contributed by atoms with Gasteiger partial charge in [-0.3, -0.25) is 0 Å². The van der Waals surface area contributed by atoms with E-state index in [4.69, 9.17) is 12.2 Å². The first-order valence-electron chi connectivity index (χ1n) is 3.30. The van der Waals surface area contributed by atoms with Gasteiger partial charge in [-0.25, -0.2) is 0 Å². The van der Waals surface area contributed by atoms with Gasteiger partial charge in [0.25, 0.3) is 0 Å². The van der Waals surface area contributed by atoms with Gasteiger partial charge in [-0.15, -0.1) is 0 Å². The van der Waals surface area contributed by atoms with Crippen molar-refractivity contribution < 1.29 is 19.4 Å². The van der Waals surface area contributed by atoms with Gasteiger partial charge in [0.2, 0.25) is 0 Å². The minimum atomic E-state index is 1.24. The van der Waals surface area contributed by atoms with Crippen LogP contribution in [0, 0.1) is 6.92 Å². The van der Waals surface area contributed by atoms with Crippen LogP contribution in [0.3, 0.4) is 0 Å². The SMILES string of the molecule is Cc1ccc([C](=[W])C=S)cc1. The normalized spacial score (nSPS) is 9.18. The molecule has 56 valence electrons. The number of benzene rings is 1. The van der Waals surface area contributed by atoms with Crippen molar-refractivity contribution in [2.75, 3.05) is 0 Å². The molecule has 11 heavy (non-hydrogen) atoms. The average molecular weight is 332 g/mol. The van der Waals surface area contributed by atoms with E-state index in [1.54, 1.807) is 5.37 Å². The fourth-order valence-electron chi connectivity index (χ4n) is 0.786. The molecule has 0 unspecified atom stereocenters. The van der Waals surface area contributed by atoms with Crippen LogP contribution in [0.2, 0.25) is 0 Å². The molecule has 0 aliphatic rings. The summed E-state index contributed by atoms with van der Waals surface area (Å²) in [6.07, 6.45) is 0. The molecular weight excluding hydrogens is 324 g/mol. The molecule has 1 aromatic rings. The number of rotatable bonds is 2. The Morgan fingerprint density at radius 1 is 1.36 bits per heavy atom. The van der Waals surface area contributed by atoms with E-state index in [2.05, 4.69) is 31.2 Å². The third-order valence-corrected chi connectivity index (χ3v) is 3.54. The van der Waals surface area contributed by atoms with Crippen LogP contribution in [-0.2, 0) is 19.4 Å². The topological polar surface area (TPSA) is 0 Å². The first-order chi connectivity index (χ1) is 5.24. The molecule has 0 spiro atoms. The van der Waals surface area contributed by atoms with Crippen molar-refractivity contribution in [3.8, 4) is 0 Å². The van der Waals surface area contributed by atoms with Crippen LogP contribution in [-0.4, -0.2) is 9.27 Å². The van der Waals surface area contributed by atoms with Crippen molar-refractivity contribution >= 4 is 21.5 Å². The summed E-state index contributed by atoms with van der Waals surface area (Å²) in [6, 6.07) is 8.44. The van der Waals surface area contributed by atoms with Crippen molar-refractivity contribution in [1.82, 2.24) is 0 Å². The predicted octanol–water partition coefficient (Wildman–Crippen LogP) is 2.06. The van der Waals surface area contributed by atoms with Gasteiger partial charge < -0.3 is 0 Å². The van der Waals surface area contributed by atoms with E-state index < -0.39 is 0 Å². The Kier molecular flexibility index (Phi) is 3.29. The molecule has 0 nitrogen and oxygen atoms in total. The summed E-state index contributed by atoms with van der Waals surface area (Å²) in [5.74, 6) is 0. The second-order valence-corrected chi connectivity index (χ2v) is 4.16. The van der Waals surface area contributed by atoms with Gasteiger partial charge in [0.15, 0.2) is 0 Å². The predicted molar refractivity (Wildman–Crippen MR) is 48.9 cm³/mol. The minimum absolute atomic E-state index is 1.24. The number of hydrogen-bond donors (Lipinski definition) is 0. The van der Waals surface area contributed by atoms with Gasteiger partial charge in [-0.2, -0.15) is 0 Å². The summed E-state index contributed by atoms with van der Waals surface area (Å²) in [4.78, 5) is 0. The van der Waals surface area contributed by atoms with Gasteiger partial charge >= 0.3 is 83.2 Å². The van der Waals surface area contributed by atoms with E-state index in [0.717, 1.165) is 0 Å². The number of hydrogen-bond acceptors (Lipinski definition) is 1. The van der Waals surface area contributed by atoms with E-state index in [1.807, 2.05) is 0 Å². The fourth-order valence-corrected chi connectivity index (χ4v) is 1.41. The van der Waals surface area contributed by atoms with Crippen LogP contribution in [0.15, 0.2) is 24.3 Å². The molecule has 0 aliphatic carbocycles. The molecule has 0 aromatic heterocycles. The first kappa shape index (κ1) is 8.96. The second-order valence-electron chi connectivity index (χ2n) is 2.35. The van der Waals surface area contributed by atoms with Gasteiger partial charge in [0, 0.05) is 0 Å². The fraction of sp³-hybridized carbons (Fsp3) is 0.111. The quantitative estimate of drug-likeness (QED) is 0.748. The maximum atomic E-state index is 4.85. The van der Waals surface area contributed by atoms with E-state index in [-0.39, 0.29) is 0 Å². The van der Waals surface area contributed by atoms with Crippen molar-refractivity contribution in [3.63, 3.8) is 0 Å². The number of thiocarbonyl (C=S) groups is 1. The maximum absolute atomic E-state index is 4.85. The van der Waals surface area contributed by atoms with E-state index >= 15 is 0 Å². The van der Waals surface area contributed by atoms with Gasteiger partial charge in [-0.05, 0) is 0 Å². The Labute approximate surface area is 83.0 Å². The van der Waals surface area contributed by atoms with Crippen LogP contribution in [0.4, 0.5) is 0 Å². The summed E-state index contributed by atoms with van der Waals surface area (Å²) in [7, 11) is 0. The summed E-state index contributed by atoms with van der Waals surface area (Å²) in [5.41, 5.74) is 2.54. The van der Waals surface area contributed by atoms with Crippen LogP contribution >= 0.6 is 12.2 Å². The molecule has 0 atom stereocenters. The zero-order chi connectivity index (χ0) is 8.27. The molecule has 1 rings (SSSR count). The van der Waals surface area contributed by atoms with E-state index in [1.165, 1.54) is 34.4 Å². The molecular formula is C9H8SW. The van der Waals surface area contributed by atoms with Gasteiger partial charge in [0.05, 0.1) is 0 Å². The third-order valence-electron chi connectivity index (χ3n) is 1.44. The van der Waals surface area contributed by atoms with E-state index in [0.29, 0.717) is 0 Å². The Morgan fingerprint density at radius 2 is 1.91 bits per heavy atom. The van der Waals surface area contributed by atoms with Crippen molar-refractivity contribution in [2.45, 2.75) is 6.92 Å². The molecule has 2 heteroatoms. The summed E-state index contributed by atoms with van der Waals surface area (Å²) >= 11 is 6.28. The molecule has 0 fully saturated rings. The average Bonchev–Trinajstić information content (AvgIpc) is 2.05. The van der Waals surface area contributed by atoms with Gasteiger partial charge in [0.1, 0.15) is 0 Å². The zero-order valence-electron chi connectivity index (χ0n) is 6.20. The van der Waals surface area contributed by atoms with Crippen LogP contribution in [0.25, 0.3) is 0 Å². The van der Waals surface area contributed by atoms with Crippen LogP contribution in [0.1, 0.15) is 11.1 Å². The van der Waals surface area contributed by atoms with Crippen molar-refractivity contribution in [1.29, 1.82) is 0 Å². The van der Waals surface area contributed by atoms with Gasteiger partial charge in [-0.1, -0.05) is 0 Å². The Hall–Kier alpha value is -0.132. The number of aryl methyl sites for hydroxylation is 1. The molecule has 0 saturated heterocycles. The molecule has 0 amide bonds. The van der Waals surface area contributed by atoms with Crippen molar-refractivity contribution in [2.24, 2.45) is 0 Å². The Morgan fingerprint density at radius 3 is 2.36 bits per heavy atom. The molecule has 0 bridgehead atoms. The third kappa shape index (κ3) is 2.43. The molecule has 0 radical (unpaired) electrons. The standard InChI is InChI=1S/C9H8S.W/c1-8-2-4-9(5-3-8)6-7-10;/h2-5,7H,1H3;. The Balaban J connectivity index is 2.98.